The highest BCUT2D eigenvalue weighted by Gasteiger charge is 2.24. The predicted octanol–water partition coefficient (Wildman–Crippen LogP) is 2.26. The number of anilines is 1. The second-order valence-corrected chi connectivity index (χ2v) is 6.99. The second kappa shape index (κ2) is 5.46. The fraction of sp³-hybridized carbons (Fsp3) is 0.538. The fourth-order valence-electron chi connectivity index (χ4n) is 2.52. The van der Waals surface area contributed by atoms with Crippen LogP contribution in [0.5, 0.6) is 0 Å². The number of nitrogen functional groups attached to an aromatic ring is 1. The predicted molar refractivity (Wildman–Crippen MR) is 72.6 cm³/mol. The van der Waals surface area contributed by atoms with Crippen molar-refractivity contribution < 1.29 is 12.8 Å². The van der Waals surface area contributed by atoms with E-state index in [1.807, 2.05) is 0 Å². The summed E-state index contributed by atoms with van der Waals surface area (Å²) in [6.07, 6.45) is 3.86. The lowest BCUT2D eigenvalue weighted by Gasteiger charge is -2.27. The van der Waals surface area contributed by atoms with Gasteiger partial charge in [0.1, 0.15) is 5.82 Å². The molecule has 6 heteroatoms. The van der Waals surface area contributed by atoms with E-state index in [0.29, 0.717) is 5.92 Å². The van der Waals surface area contributed by atoms with Gasteiger partial charge in [-0.2, -0.15) is 0 Å². The maximum atomic E-state index is 13.1. The molecule has 0 aliphatic heterocycles. The summed E-state index contributed by atoms with van der Waals surface area (Å²) in [4.78, 5) is 0.0182. The van der Waals surface area contributed by atoms with Gasteiger partial charge in [-0.1, -0.05) is 19.8 Å². The zero-order valence-electron chi connectivity index (χ0n) is 10.9. The van der Waals surface area contributed by atoms with Gasteiger partial charge in [0.25, 0.3) is 0 Å². The second-order valence-electron chi connectivity index (χ2n) is 5.27. The Hall–Kier alpha value is -1.14. The first-order valence-electron chi connectivity index (χ1n) is 6.46. The quantitative estimate of drug-likeness (QED) is 0.837. The maximum Gasteiger partial charge on any atom is 0.240 e. The Morgan fingerprint density at radius 2 is 2.11 bits per heavy atom. The summed E-state index contributed by atoms with van der Waals surface area (Å²) in [6.45, 7) is 2.12. The molecular weight excluding hydrogens is 267 g/mol. The van der Waals surface area contributed by atoms with Gasteiger partial charge in [0.15, 0.2) is 0 Å². The van der Waals surface area contributed by atoms with Crippen molar-refractivity contribution in [3.05, 3.63) is 24.0 Å². The van der Waals surface area contributed by atoms with E-state index >= 15 is 0 Å². The Kier molecular flexibility index (Phi) is 4.10. The van der Waals surface area contributed by atoms with Gasteiger partial charge in [0.05, 0.1) is 10.6 Å². The van der Waals surface area contributed by atoms with Crippen LogP contribution in [-0.2, 0) is 10.0 Å². The minimum Gasteiger partial charge on any atom is -0.396 e. The van der Waals surface area contributed by atoms with E-state index in [-0.39, 0.29) is 16.6 Å². The molecule has 1 fully saturated rings. The highest BCUT2D eigenvalue weighted by Crippen LogP contribution is 2.25. The summed E-state index contributed by atoms with van der Waals surface area (Å²) in [6, 6.07) is 3.43. The van der Waals surface area contributed by atoms with Crippen LogP contribution in [0, 0.1) is 11.7 Å². The number of nitrogens with two attached hydrogens (primary N) is 1. The van der Waals surface area contributed by atoms with Crippen molar-refractivity contribution in [1.29, 1.82) is 0 Å². The fourth-order valence-corrected chi connectivity index (χ4v) is 3.84. The van der Waals surface area contributed by atoms with Crippen LogP contribution in [0.15, 0.2) is 23.1 Å². The summed E-state index contributed by atoms with van der Waals surface area (Å²) in [5, 5.41) is 0. The third-order valence-corrected chi connectivity index (χ3v) is 5.05. The standard InChI is InChI=1S/C13H19FN2O2S/c1-9-3-2-4-10(7-9)16-19(17,18)11-5-6-12(14)13(15)8-11/h5-6,8-10,16H,2-4,7,15H2,1H3. The number of benzene rings is 1. The number of sulfonamides is 1. The first kappa shape index (κ1) is 14.3. The van der Waals surface area contributed by atoms with Gasteiger partial charge in [0.2, 0.25) is 10.0 Å². The Bertz CT molecular complexity index is 560. The first-order valence-corrected chi connectivity index (χ1v) is 7.94. The van der Waals surface area contributed by atoms with Crippen LogP contribution in [0.2, 0.25) is 0 Å². The summed E-state index contributed by atoms with van der Waals surface area (Å²) in [5.74, 6) is -0.0787. The monoisotopic (exact) mass is 286 g/mol. The third-order valence-electron chi connectivity index (χ3n) is 3.54. The molecule has 0 amide bonds. The molecule has 1 aromatic carbocycles. The van der Waals surface area contributed by atoms with Crippen molar-refractivity contribution in [2.75, 3.05) is 5.73 Å². The largest absolute Gasteiger partial charge is 0.396 e. The average Bonchev–Trinajstić information content (AvgIpc) is 2.32. The van der Waals surface area contributed by atoms with Crippen LogP contribution >= 0.6 is 0 Å². The van der Waals surface area contributed by atoms with Crippen LogP contribution in [0.4, 0.5) is 10.1 Å². The number of halogens is 1. The first-order chi connectivity index (χ1) is 8.88. The minimum absolute atomic E-state index is 0.0182. The molecule has 1 aliphatic rings. The average molecular weight is 286 g/mol. The van der Waals surface area contributed by atoms with Crippen LogP contribution in [0.1, 0.15) is 32.6 Å². The Morgan fingerprint density at radius 1 is 1.37 bits per heavy atom. The number of nitrogens with one attached hydrogen (secondary N) is 1. The summed E-state index contributed by atoms with van der Waals surface area (Å²) in [7, 11) is -3.62. The zero-order chi connectivity index (χ0) is 14.0. The van der Waals surface area contributed by atoms with Crippen molar-refractivity contribution in [2.24, 2.45) is 5.92 Å². The van der Waals surface area contributed by atoms with E-state index in [2.05, 4.69) is 11.6 Å². The third kappa shape index (κ3) is 3.45. The molecule has 1 saturated carbocycles. The summed E-state index contributed by atoms with van der Waals surface area (Å²) in [5.41, 5.74) is 5.25. The summed E-state index contributed by atoms with van der Waals surface area (Å²) >= 11 is 0. The lowest BCUT2D eigenvalue weighted by atomic mass is 9.88. The lowest BCUT2D eigenvalue weighted by Crippen LogP contribution is -2.37. The normalized spacial score (nSPS) is 24.3. The molecule has 3 N–H and O–H groups in total. The molecule has 2 unspecified atom stereocenters. The van der Waals surface area contributed by atoms with Gasteiger partial charge in [0, 0.05) is 6.04 Å². The van der Waals surface area contributed by atoms with E-state index in [1.54, 1.807) is 0 Å². The molecule has 2 atom stereocenters. The Morgan fingerprint density at radius 3 is 2.74 bits per heavy atom. The Balaban J connectivity index is 2.15. The highest BCUT2D eigenvalue weighted by molar-refractivity contribution is 7.89. The number of hydrogen-bond donors (Lipinski definition) is 2. The summed E-state index contributed by atoms with van der Waals surface area (Å²) < 4.78 is 40.1. The van der Waals surface area contributed by atoms with Crippen molar-refractivity contribution in [2.45, 2.75) is 43.5 Å². The zero-order valence-corrected chi connectivity index (χ0v) is 11.7. The van der Waals surface area contributed by atoms with Gasteiger partial charge in [-0.3, -0.25) is 0 Å². The van der Waals surface area contributed by atoms with Gasteiger partial charge < -0.3 is 5.73 Å². The molecule has 1 aliphatic carbocycles. The lowest BCUT2D eigenvalue weighted by molar-refractivity contribution is 0.327. The molecule has 0 aromatic heterocycles. The van der Waals surface area contributed by atoms with E-state index in [4.69, 9.17) is 5.73 Å². The molecular formula is C13H19FN2O2S. The molecule has 0 heterocycles. The molecule has 0 spiro atoms. The molecule has 106 valence electrons. The van der Waals surface area contributed by atoms with Crippen LogP contribution < -0.4 is 10.5 Å². The van der Waals surface area contributed by atoms with Crippen molar-refractivity contribution in [1.82, 2.24) is 4.72 Å². The van der Waals surface area contributed by atoms with Gasteiger partial charge in [-0.15, -0.1) is 0 Å². The molecule has 0 saturated heterocycles. The van der Waals surface area contributed by atoms with Crippen molar-refractivity contribution in [3.8, 4) is 0 Å². The SMILES string of the molecule is CC1CCCC(NS(=O)(=O)c2ccc(F)c(N)c2)C1. The molecule has 4 nitrogen and oxygen atoms in total. The highest BCUT2D eigenvalue weighted by atomic mass is 32.2. The topological polar surface area (TPSA) is 72.2 Å². The van der Waals surface area contributed by atoms with E-state index in [1.165, 1.54) is 6.07 Å². The van der Waals surface area contributed by atoms with Gasteiger partial charge in [-0.05, 0) is 37.0 Å². The van der Waals surface area contributed by atoms with Crippen LogP contribution in [0.3, 0.4) is 0 Å². The molecule has 1 aromatic rings. The number of hydrogen-bond acceptors (Lipinski definition) is 3. The molecule has 19 heavy (non-hydrogen) atoms. The smallest absolute Gasteiger partial charge is 0.240 e. The minimum atomic E-state index is -3.62. The van der Waals surface area contributed by atoms with Crippen LogP contribution in [-0.4, -0.2) is 14.5 Å². The number of rotatable bonds is 3. The molecule has 0 radical (unpaired) electrons. The van der Waals surface area contributed by atoms with E-state index in [0.717, 1.165) is 37.8 Å². The molecule has 0 bridgehead atoms. The van der Waals surface area contributed by atoms with E-state index < -0.39 is 15.8 Å². The van der Waals surface area contributed by atoms with Crippen LogP contribution in [0.25, 0.3) is 0 Å². The van der Waals surface area contributed by atoms with Gasteiger partial charge >= 0.3 is 0 Å². The van der Waals surface area contributed by atoms with Crippen molar-refractivity contribution in [3.63, 3.8) is 0 Å². The van der Waals surface area contributed by atoms with E-state index in [9.17, 15) is 12.8 Å². The molecule has 2 rings (SSSR count). The Labute approximate surface area is 113 Å². The van der Waals surface area contributed by atoms with Crippen molar-refractivity contribution >= 4 is 15.7 Å². The maximum absolute atomic E-state index is 13.1. The van der Waals surface area contributed by atoms with Gasteiger partial charge in [-0.25, -0.2) is 17.5 Å².